The van der Waals surface area contributed by atoms with Crippen molar-refractivity contribution in [2.45, 2.75) is 37.8 Å². The van der Waals surface area contributed by atoms with Crippen molar-refractivity contribution in [2.24, 2.45) is 0 Å². The van der Waals surface area contributed by atoms with Gasteiger partial charge >= 0.3 is 0 Å². The predicted octanol–water partition coefficient (Wildman–Crippen LogP) is 4.06. The van der Waals surface area contributed by atoms with Crippen molar-refractivity contribution in [1.82, 2.24) is 15.5 Å². The predicted molar refractivity (Wildman–Crippen MR) is 142 cm³/mol. The second-order valence-corrected chi connectivity index (χ2v) is 9.86. The Bertz CT molecular complexity index is 1240. The summed E-state index contributed by atoms with van der Waals surface area (Å²) in [5, 5.41) is 22.2. The number of hydrogen-bond donors (Lipinski definition) is 3. The van der Waals surface area contributed by atoms with E-state index >= 15 is 0 Å². The van der Waals surface area contributed by atoms with Crippen LogP contribution in [0, 0.1) is 0 Å². The van der Waals surface area contributed by atoms with Crippen LogP contribution < -0.4 is 20.9 Å². The lowest BCUT2D eigenvalue weighted by Crippen LogP contribution is -2.54. The van der Waals surface area contributed by atoms with Crippen LogP contribution in [-0.2, 0) is 0 Å². The molecule has 3 aromatic rings. The molecule has 1 aromatic heterocycles. The third kappa shape index (κ3) is 4.32. The zero-order chi connectivity index (χ0) is 23.8. The van der Waals surface area contributed by atoms with Crippen molar-refractivity contribution in [3.05, 3.63) is 65.7 Å². The van der Waals surface area contributed by atoms with Gasteiger partial charge in [0.2, 0.25) is 0 Å². The topological polar surface area (TPSA) is 90.5 Å². The van der Waals surface area contributed by atoms with E-state index in [0.29, 0.717) is 29.2 Å². The normalized spacial score (nSPS) is 21.9. The molecule has 6 rings (SSSR count). The van der Waals surface area contributed by atoms with Crippen molar-refractivity contribution >= 4 is 23.3 Å². The van der Waals surface area contributed by atoms with E-state index in [9.17, 15) is 5.11 Å². The number of hydrogen-bond acceptors (Lipinski definition) is 7. The van der Waals surface area contributed by atoms with E-state index in [0.717, 1.165) is 44.7 Å². The maximum Gasteiger partial charge on any atom is 0.169 e. The highest BCUT2D eigenvalue weighted by Gasteiger charge is 2.40. The van der Waals surface area contributed by atoms with Gasteiger partial charge in [0, 0.05) is 36.4 Å². The highest BCUT2D eigenvalue weighted by atomic mass is 16.3. The molecule has 4 N–H and O–H groups in total. The summed E-state index contributed by atoms with van der Waals surface area (Å²) >= 11 is 0. The molecule has 35 heavy (non-hydrogen) atoms. The Labute approximate surface area is 206 Å². The van der Waals surface area contributed by atoms with Gasteiger partial charge in [-0.3, -0.25) is 0 Å². The molecule has 7 heteroatoms. The van der Waals surface area contributed by atoms with Crippen LogP contribution in [0.1, 0.15) is 31.2 Å². The van der Waals surface area contributed by atoms with Gasteiger partial charge in [-0.05, 0) is 74.7 Å². The van der Waals surface area contributed by atoms with Gasteiger partial charge in [-0.15, -0.1) is 10.2 Å². The number of benzene rings is 2. The molecule has 3 fully saturated rings. The van der Waals surface area contributed by atoms with Crippen molar-refractivity contribution in [2.75, 3.05) is 41.7 Å². The summed E-state index contributed by atoms with van der Waals surface area (Å²) in [5.74, 6) is 0.634. The van der Waals surface area contributed by atoms with Gasteiger partial charge in [0.05, 0.1) is 11.4 Å². The van der Waals surface area contributed by atoms with E-state index in [-0.39, 0.29) is 5.75 Å². The molecule has 7 nitrogen and oxygen atoms in total. The van der Waals surface area contributed by atoms with Gasteiger partial charge in [-0.2, -0.15) is 0 Å². The highest BCUT2D eigenvalue weighted by Crippen LogP contribution is 2.39. The van der Waals surface area contributed by atoms with E-state index in [1.54, 1.807) is 12.1 Å². The fraction of sp³-hybridized carbons (Fsp3) is 0.357. The van der Waals surface area contributed by atoms with Crippen LogP contribution in [0.2, 0.25) is 0 Å². The lowest BCUT2D eigenvalue weighted by molar-refractivity contribution is 0.477. The quantitative estimate of drug-likeness (QED) is 0.532. The molecule has 3 aliphatic heterocycles. The van der Waals surface area contributed by atoms with Crippen molar-refractivity contribution < 1.29 is 5.11 Å². The number of aromatic hydroxyl groups is 1. The van der Waals surface area contributed by atoms with Gasteiger partial charge in [0.1, 0.15) is 5.75 Å². The number of piperazine rings is 1. The number of nitrogen functional groups attached to an aromatic ring is 1. The molecular formula is C28H32N6O. The molecule has 2 aromatic carbocycles. The Morgan fingerprint density at radius 1 is 0.943 bits per heavy atom. The van der Waals surface area contributed by atoms with Gasteiger partial charge in [-0.1, -0.05) is 35.9 Å². The largest absolute Gasteiger partial charge is 0.507 e. The molecule has 0 radical (unpaired) electrons. The van der Waals surface area contributed by atoms with Gasteiger partial charge in [0.15, 0.2) is 5.82 Å². The first-order chi connectivity index (χ1) is 17.2. The van der Waals surface area contributed by atoms with Crippen LogP contribution in [0.15, 0.2) is 60.2 Å². The Morgan fingerprint density at radius 2 is 1.71 bits per heavy atom. The summed E-state index contributed by atoms with van der Waals surface area (Å²) in [6.45, 7) is 3.94. The fourth-order valence-electron chi connectivity index (χ4n) is 5.89. The molecule has 0 saturated carbocycles. The first kappa shape index (κ1) is 21.9. The summed E-state index contributed by atoms with van der Waals surface area (Å²) in [6, 6.07) is 19.1. The third-order valence-electron chi connectivity index (χ3n) is 7.59. The summed E-state index contributed by atoms with van der Waals surface area (Å²) in [7, 11) is 0. The SMILES string of the molecule is Nc1nnc(-c2ccccc2O)cc1N1C[C@@H]2CC[C@@H](C1)N2c1cccc(C=C2CCNCC2)c1. The number of phenols is 1. The number of rotatable bonds is 4. The highest BCUT2D eigenvalue weighted by molar-refractivity contribution is 5.74. The number of anilines is 3. The average molecular weight is 469 g/mol. The molecule has 0 aliphatic carbocycles. The fourth-order valence-corrected chi connectivity index (χ4v) is 5.89. The maximum atomic E-state index is 10.3. The van der Waals surface area contributed by atoms with Crippen LogP contribution in [0.4, 0.5) is 17.2 Å². The molecule has 3 saturated heterocycles. The summed E-state index contributed by atoms with van der Waals surface area (Å²) in [5.41, 5.74) is 12.7. The van der Waals surface area contributed by atoms with Crippen LogP contribution in [0.25, 0.3) is 17.3 Å². The molecule has 2 atom stereocenters. The van der Waals surface area contributed by atoms with E-state index in [1.807, 2.05) is 18.2 Å². The number of nitrogens with zero attached hydrogens (tertiary/aromatic N) is 4. The molecule has 4 heterocycles. The maximum absolute atomic E-state index is 10.3. The van der Waals surface area contributed by atoms with Crippen LogP contribution >= 0.6 is 0 Å². The van der Waals surface area contributed by atoms with Crippen molar-refractivity contribution in [3.63, 3.8) is 0 Å². The molecule has 3 aliphatic rings. The average Bonchev–Trinajstić information content (AvgIpc) is 3.15. The van der Waals surface area contributed by atoms with Gasteiger partial charge in [-0.25, -0.2) is 0 Å². The molecule has 180 valence electrons. The zero-order valence-corrected chi connectivity index (χ0v) is 19.9. The first-order valence-electron chi connectivity index (χ1n) is 12.6. The minimum atomic E-state index is 0.196. The summed E-state index contributed by atoms with van der Waals surface area (Å²) in [4.78, 5) is 4.98. The van der Waals surface area contributed by atoms with Crippen molar-refractivity contribution in [1.29, 1.82) is 0 Å². The second-order valence-electron chi connectivity index (χ2n) is 9.86. The lowest BCUT2D eigenvalue weighted by atomic mass is 10.0. The Morgan fingerprint density at radius 3 is 2.49 bits per heavy atom. The monoisotopic (exact) mass is 468 g/mol. The van der Waals surface area contributed by atoms with E-state index in [2.05, 4.69) is 55.7 Å². The molecule has 0 amide bonds. The Hall–Kier alpha value is -3.58. The minimum absolute atomic E-state index is 0.196. The molecular weight excluding hydrogens is 436 g/mol. The smallest absolute Gasteiger partial charge is 0.169 e. The number of fused-ring (bicyclic) bond motifs is 2. The second kappa shape index (κ2) is 9.23. The van der Waals surface area contributed by atoms with Gasteiger partial charge < -0.3 is 26.0 Å². The summed E-state index contributed by atoms with van der Waals surface area (Å²) < 4.78 is 0. The van der Waals surface area contributed by atoms with E-state index in [4.69, 9.17) is 5.73 Å². The third-order valence-corrected chi connectivity index (χ3v) is 7.59. The van der Waals surface area contributed by atoms with Crippen LogP contribution in [-0.4, -0.2) is 53.6 Å². The Kier molecular flexibility index (Phi) is 5.78. The standard InChI is InChI=1S/C28H32N6O/c29-28-26(16-25(31-32-28)24-6-1-2-7-27(24)35)33-17-22-8-9-23(18-33)34(22)21-5-3-4-20(15-21)14-19-10-12-30-13-11-19/h1-7,14-16,22-23,30,35H,8-13,17-18H2,(H2,29,32)/t22-,23-/m0/s1. The number of piperidine rings is 1. The molecule has 0 spiro atoms. The molecule has 2 bridgehead atoms. The zero-order valence-electron chi connectivity index (χ0n) is 19.9. The number of phenolic OH excluding ortho intramolecular Hbond substituents is 1. The number of para-hydroxylation sites is 1. The number of nitrogens with two attached hydrogens (primary N) is 1. The van der Waals surface area contributed by atoms with Gasteiger partial charge in [0.25, 0.3) is 0 Å². The Balaban J connectivity index is 1.24. The lowest BCUT2D eigenvalue weighted by Gasteiger charge is -2.43. The first-order valence-corrected chi connectivity index (χ1v) is 12.6. The van der Waals surface area contributed by atoms with E-state index < -0.39 is 0 Å². The van der Waals surface area contributed by atoms with Crippen LogP contribution in [0.5, 0.6) is 5.75 Å². The van der Waals surface area contributed by atoms with E-state index in [1.165, 1.54) is 29.7 Å². The van der Waals surface area contributed by atoms with Crippen LogP contribution in [0.3, 0.4) is 0 Å². The number of aromatic nitrogens is 2. The number of nitrogens with one attached hydrogen (secondary N) is 1. The molecule has 0 unspecified atom stereocenters. The van der Waals surface area contributed by atoms with Crippen molar-refractivity contribution in [3.8, 4) is 17.0 Å². The minimum Gasteiger partial charge on any atom is -0.507 e. The summed E-state index contributed by atoms with van der Waals surface area (Å²) in [6.07, 6.45) is 6.99.